The zero-order valence-corrected chi connectivity index (χ0v) is 8.88. The molecule has 0 bridgehead atoms. The van der Waals surface area contributed by atoms with Crippen molar-refractivity contribution in [2.75, 3.05) is 26.2 Å². The largest absolute Gasteiger partial charge is 0.395 e. The number of rotatable bonds is 9. The van der Waals surface area contributed by atoms with E-state index in [1.807, 2.05) is 0 Å². The van der Waals surface area contributed by atoms with Crippen LogP contribution in [0.4, 0.5) is 0 Å². The molecule has 0 aliphatic heterocycles. The minimum atomic E-state index is -2.27. The second-order valence-corrected chi connectivity index (χ2v) is 3.09. The van der Waals surface area contributed by atoms with Crippen LogP contribution in [-0.4, -0.2) is 48.5 Å². The number of hydrogen-bond acceptors (Lipinski definition) is 4. The van der Waals surface area contributed by atoms with E-state index in [1.54, 1.807) is 13.8 Å². The van der Waals surface area contributed by atoms with Gasteiger partial charge in [-0.25, -0.2) is 0 Å². The SMILES string of the molecule is [2H]C([2H])(O)[C@H](CC)NCCN[C@@H](CC)C([2H])([2H])O. The molecule has 14 heavy (non-hydrogen) atoms. The summed E-state index contributed by atoms with van der Waals surface area (Å²) in [7, 11) is 0. The zero-order chi connectivity index (χ0) is 14.4. The lowest BCUT2D eigenvalue weighted by atomic mass is 10.2. The highest BCUT2D eigenvalue weighted by atomic mass is 16.3. The first-order valence-electron chi connectivity index (χ1n) is 7.04. The van der Waals surface area contributed by atoms with E-state index in [2.05, 4.69) is 10.6 Å². The van der Waals surface area contributed by atoms with Gasteiger partial charge in [0.05, 0.1) is 18.6 Å². The van der Waals surface area contributed by atoms with Crippen molar-refractivity contribution < 1.29 is 15.7 Å². The Kier molecular flexibility index (Phi) is 5.40. The van der Waals surface area contributed by atoms with E-state index in [0.717, 1.165) is 0 Å². The molecular formula is C10H24N2O2. The molecule has 4 heteroatoms. The van der Waals surface area contributed by atoms with Crippen LogP contribution in [0.1, 0.15) is 32.2 Å². The maximum absolute atomic E-state index is 9.21. The summed E-state index contributed by atoms with van der Waals surface area (Å²) >= 11 is 0. The summed E-state index contributed by atoms with van der Waals surface area (Å²) in [6.07, 6.45) is 0.892. The van der Waals surface area contributed by atoms with E-state index in [0.29, 0.717) is 25.9 Å². The average molecular weight is 208 g/mol. The summed E-state index contributed by atoms with van der Waals surface area (Å²) in [6, 6.07) is -1.32. The van der Waals surface area contributed by atoms with Crippen LogP contribution in [0, 0.1) is 0 Å². The normalized spacial score (nSPS) is 21.7. The molecule has 0 fully saturated rings. The van der Waals surface area contributed by atoms with Gasteiger partial charge in [0.1, 0.15) is 0 Å². The molecule has 0 unspecified atom stereocenters. The fraction of sp³-hybridized carbons (Fsp3) is 1.00. The molecule has 0 spiro atoms. The van der Waals surface area contributed by atoms with Gasteiger partial charge in [-0.15, -0.1) is 0 Å². The molecule has 0 aliphatic carbocycles. The first-order valence-corrected chi connectivity index (χ1v) is 5.04. The Morgan fingerprint density at radius 2 is 1.36 bits per heavy atom. The van der Waals surface area contributed by atoms with Crippen LogP contribution in [0.25, 0.3) is 0 Å². The zero-order valence-electron chi connectivity index (χ0n) is 12.9. The standard InChI is InChI=1S/C10H24N2O2/c1-3-9(7-13)11-5-6-12-10(4-2)8-14/h9-14H,3-8H2,1-2H3/t9-,10-/m0/s1/i7D2,8D2. The minimum absolute atomic E-state index is 0.380. The van der Waals surface area contributed by atoms with Crippen LogP contribution < -0.4 is 10.6 Å². The molecule has 86 valence electrons. The summed E-state index contributed by atoms with van der Waals surface area (Å²) in [6.45, 7) is -0.258. The third-order valence-electron chi connectivity index (χ3n) is 2.03. The molecule has 0 heterocycles. The molecular weight excluding hydrogens is 180 g/mol. The van der Waals surface area contributed by atoms with Gasteiger partial charge in [-0.3, -0.25) is 0 Å². The van der Waals surface area contributed by atoms with Crippen molar-refractivity contribution in [1.82, 2.24) is 10.6 Å². The molecule has 0 aromatic rings. The van der Waals surface area contributed by atoms with E-state index < -0.39 is 25.2 Å². The van der Waals surface area contributed by atoms with Crippen molar-refractivity contribution in [2.45, 2.75) is 38.8 Å². The highest BCUT2D eigenvalue weighted by molar-refractivity contribution is 4.67. The molecule has 2 atom stereocenters. The van der Waals surface area contributed by atoms with Crippen molar-refractivity contribution in [3.8, 4) is 0 Å². The van der Waals surface area contributed by atoms with Crippen LogP contribution >= 0.6 is 0 Å². The van der Waals surface area contributed by atoms with E-state index >= 15 is 0 Å². The van der Waals surface area contributed by atoms with Gasteiger partial charge >= 0.3 is 0 Å². The van der Waals surface area contributed by atoms with Crippen LogP contribution in [0.15, 0.2) is 0 Å². The van der Waals surface area contributed by atoms with Crippen molar-refractivity contribution >= 4 is 0 Å². The maximum atomic E-state index is 9.21. The summed E-state index contributed by atoms with van der Waals surface area (Å²) < 4.78 is 28.7. The summed E-state index contributed by atoms with van der Waals surface area (Å²) in [5, 5.41) is 24.1. The molecule has 4 nitrogen and oxygen atoms in total. The van der Waals surface area contributed by atoms with Crippen molar-refractivity contribution in [1.29, 1.82) is 0 Å². The lowest BCUT2D eigenvalue weighted by molar-refractivity contribution is 0.229. The topological polar surface area (TPSA) is 64.5 Å². The van der Waals surface area contributed by atoms with Gasteiger partial charge in [0.2, 0.25) is 0 Å². The maximum Gasteiger partial charge on any atom is 0.0584 e. The van der Waals surface area contributed by atoms with E-state index in [1.165, 1.54) is 0 Å². The quantitative estimate of drug-likeness (QED) is 0.393. The van der Waals surface area contributed by atoms with Gasteiger partial charge < -0.3 is 20.8 Å². The number of aliphatic hydroxyl groups is 2. The van der Waals surface area contributed by atoms with Crippen molar-refractivity contribution in [3.63, 3.8) is 0 Å². The van der Waals surface area contributed by atoms with Gasteiger partial charge in [-0.2, -0.15) is 0 Å². The molecule has 0 amide bonds. The predicted molar refractivity (Wildman–Crippen MR) is 58.3 cm³/mol. The highest BCUT2D eigenvalue weighted by Gasteiger charge is 2.04. The van der Waals surface area contributed by atoms with Crippen LogP contribution in [0.3, 0.4) is 0 Å². The summed E-state index contributed by atoms with van der Waals surface area (Å²) in [5.41, 5.74) is 0. The fourth-order valence-corrected chi connectivity index (χ4v) is 1.06. The Bertz CT molecular complexity index is 207. The predicted octanol–water partition coefficient (Wildman–Crippen LogP) is -0.293. The molecule has 0 radical (unpaired) electrons. The molecule has 0 saturated carbocycles. The van der Waals surface area contributed by atoms with E-state index in [4.69, 9.17) is 5.48 Å². The molecule has 0 rings (SSSR count). The third-order valence-corrected chi connectivity index (χ3v) is 2.03. The average Bonchev–Trinajstić information content (AvgIpc) is 2.19. The Morgan fingerprint density at radius 3 is 1.57 bits per heavy atom. The summed E-state index contributed by atoms with van der Waals surface area (Å²) in [4.78, 5) is 0. The first-order chi connectivity index (χ1) is 8.12. The molecule has 4 N–H and O–H groups in total. The smallest absolute Gasteiger partial charge is 0.0584 e. The minimum Gasteiger partial charge on any atom is -0.395 e. The number of hydrogen-bond donors (Lipinski definition) is 4. The lowest BCUT2D eigenvalue weighted by Gasteiger charge is -2.17. The van der Waals surface area contributed by atoms with E-state index in [9.17, 15) is 10.2 Å². The second kappa shape index (κ2) is 9.40. The van der Waals surface area contributed by atoms with Gasteiger partial charge in [0, 0.05) is 25.2 Å². The van der Waals surface area contributed by atoms with Gasteiger partial charge in [0.15, 0.2) is 0 Å². The Balaban J connectivity index is 3.98. The lowest BCUT2D eigenvalue weighted by Crippen LogP contribution is -2.40. The monoisotopic (exact) mass is 208 g/mol. The Labute approximate surface area is 92.3 Å². The van der Waals surface area contributed by atoms with Crippen LogP contribution in [-0.2, 0) is 0 Å². The van der Waals surface area contributed by atoms with E-state index in [-0.39, 0.29) is 0 Å². The second-order valence-electron chi connectivity index (χ2n) is 3.09. The summed E-state index contributed by atoms with van der Waals surface area (Å²) in [5.74, 6) is 0. The fourth-order valence-electron chi connectivity index (χ4n) is 1.06. The molecule has 0 aliphatic rings. The Morgan fingerprint density at radius 1 is 1.00 bits per heavy atom. The van der Waals surface area contributed by atoms with Crippen LogP contribution in [0.5, 0.6) is 0 Å². The van der Waals surface area contributed by atoms with Crippen molar-refractivity contribution in [3.05, 3.63) is 0 Å². The van der Waals surface area contributed by atoms with Gasteiger partial charge in [-0.05, 0) is 12.8 Å². The first kappa shape index (κ1) is 8.05. The molecule has 0 aromatic heterocycles. The molecule has 0 aromatic carbocycles. The van der Waals surface area contributed by atoms with Crippen LogP contribution in [0.2, 0.25) is 0 Å². The van der Waals surface area contributed by atoms with Crippen molar-refractivity contribution in [2.24, 2.45) is 0 Å². The van der Waals surface area contributed by atoms with Gasteiger partial charge in [0.25, 0.3) is 0 Å². The van der Waals surface area contributed by atoms with Gasteiger partial charge in [-0.1, -0.05) is 13.8 Å². The number of nitrogens with one attached hydrogen (secondary N) is 2. The molecule has 0 saturated heterocycles. The Hall–Kier alpha value is -0.160. The third kappa shape index (κ3) is 6.32. The highest BCUT2D eigenvalue weighted by Crippen LogP contribution is 1.89.